The van der Waals surface area contributed by atoms with Crippen molar-refractivity contribution < 1.29 is 31.1 Å². The van der Waals surface area contributed by atoms with Crippen LogP contribution >= 0.6 is 34.5 Å². The average molecular weight is 503 g/mol. The average Bonchev–Trinajstić information content (AvgIpc) is 3.24. The number of sulfone groups is 1. The van der Waals surface area contributed by atoms with Crippen molar-refractivity contribution in [3.63, 3.8) is 0 Å². The van der Waals surface area contributed by atoms with Gasteiger partial charge in [0, 0.05) is 12.6 Å². The van der Waals surface area contributed by atoms with E-state index >= 15 is 0 Å². The van der Waals surface area contributed by atoms with E-state index < -0.39 is 28.1 Å². The highest BCUT2D eigenvalue weighted by molar-refractivity contribution is 7.93. The molecule has 162 valence electrons. The van der Waals surface area contributed by atoms with E-state index in [1.165, 1.54) is 14.0 Å². The van der Waals surface area contributed by atoms with E-state index in [1.54, 1.807) is 0 Å². The molecule has 30 heavy (non-hydrogen) atoms. The van der Waals surface area contributed by atoms with Gasteiger partial charge in [0.2, 0.25) is 20.1 Å². The van der Waals surface area contributed by atoms with Crippen LogP contribution in [-0.4, -0.2) is 40.8 Å². The van der Waals surface area contributed by atoms with E-state index in [2.05, 4.69) is 20.0 Å². The normalized spacial score (nSPS) is 11.9. The van der Waals surface area contributed by atoms with Crippen LogP contribution in [0.3, 0.4) is 0 Å². The second-order valence-corrected chi connectivity index (χ2v) is 9.75. The van der Waals surface area contributed by atoms with Crippen molar-refractivity contribution in [3.05, 3.63) is 28.0 Å². The Kier molecular flexibility index (Phi) is 6.45. The summed E-state index contributed by atoms with van der Waals surface area (Å²) in [7, 11) is -2.30. The largest absolute Gasteiger partial charge is 0.428 e. The number of rotatable bonds is 7. The number of hydrogen-bond acceptors (Lipinski definition) is 8. The van der Waals surface area contributed by atoms with E-state index in [9.17, 15) is 21.6 Å². The number of hydrogen-bond donors (Lipinski definition) is 0. The number of ether oxygens (including phenoxy) is 2. The Balaban J connectivity index is 2.00. The lowest BCUT2D eigenvalue weighted by molar-refractivity contribution is -0.0552. The summed E-state index contributed by atoms with van der Waals surface area (Å²) in [5, 5.41) is 10.4. The van der Waals surface area contributed by atoms with Crippen molar-refractivity contribution in [1.82, 2.24) is 20.0 Å². The van der Waals surface area contributed by atoms with Crippen LogP contribution in [0.15, 0.2) is 16.5 Å². The molecule has 2 aromatic heterocycles. The Hall–Kier alpha value is -2.09. The van der Waals surface area contributed by atoms with Crippen molar-refractivity contribution in [2.45, 2.75) is 17.9 Å². The van der Waals surface area contributed by atoms with Crippen molar-refractivity contribution in [2.75, 3.05) is 5.75 Å². The van der Waals surface area contributed by atoms with E-state index in [1.807, 2.05) is 0 Å². The van der Waals surface area contributed by atoms with Gasteiger partial charge in [-0.25, -0.2) is 17.5 Å². The Labute approximate surface area is 182 Å². The van der Waals surface area contributed by atoms with Crippen LogP contribution in [0.4, 0.5) is 13.2 Å². The van der Waals surface area contributed by atoms with Gasteiger partial charge >= 0.3 is 11.8 Å². The van der Waals surface area contributed by atoms with Crippen molar-refractivity contribution in [3.8, 4) is 28.1 Å². The molecule has 15 heteroatoms. The SMILES string of the molecule is CCS(=O)(=O)c1nnc(Oc2cc(-c3nn(C)c(OC(F)F)c3Cl)c(F)cc2Cl)s1. The Morgan fingerprint density at radius 2 is 1.97 bits per heavy atom. The molecule has 3 aromatic rings. The minimum atomic E-state index is -3.59. The van der Waals surface area contributed by atoms with Gasteiger partial charge in [-0.15, -0.1) is 5.10 Å². The highest BCUT2D eigenvalue weighted by Gasteiger charge is 2.25. The highest BCUT2D eigenvalue weighted by Crippen LogP contribution is 2.41. The van der Waals surface area contributed by atoms with Crippen molar-refractivity contribution >= 4 is 44.4 Å². The van der Waals surface area contributed by atoms with Gasteiger partial charge in [0.15, 0.2) is 0 Å². The zero-order chi connectivity index (χ0) is 22.2. The number of nitrogens with zero attached hydrogens (tertiary/aromatic N) is 4. The number of alkyl halides is 2. The van der Waals surface area contributed by atoms with Crippen LogP contribution in [0.5, 0.6) is 16.8 Å². The van der Waals surface area contributed by atoms with Gasteiger partial charge in [0.05, 0.1) is 10.8 Å². The van der Waals surface area contributed by atoms with Crippen LogP contribution < -0.4 is 9.47 Å². The van der Waals surface area contributed by atoms with E-state index in [4.69, 9.17) is 27.9 Å². The summed E-state index contributed by atoms with van der Waals surface area (Å²) in [6, 6.07) is 2.02. The molecule has 1 aromatic carbocycles. The summed E-state index contributed by atoms with van der Waals surface area (Å²) in [5.74, 6) is -1.60. The first-order chi connectivity index (χ1) is 14.0. The number of aryl methyl sites for hydroxylation is 1. The maximum atomic E-state index is 14.5. The molecule has 0 fully saturated rings. The second kappa shape index (κ2) is 8.57. The third-order valence-electron chi connectivity index (χ3n) is 3.65. The fraction of sp³-hybridized carbons (Fsp3) is 0.267. The van der Waals surface area contributed by atoms with Gasteiger partial charge in [0.25, 0.3) is 0 Å². The van der Waals surface area contributed by atoms with Crippen LogP contribution in [0.2, 0.25) is 10.0 Å². The Morgan fingerprint density at radius 3 is 2.60 bits per heavy atom. The van der Waals surface area contributed by atoms with Gasteiger partial charge in [-0.1, -0.05) is 35.2 Å². The molecule has 0 saturated heterocycles. The second-order valence-electron chi connectivity index (χ2n) is 5.57. The first kappa shape index (κ1) is 22.6. The fourth-order valence-corrected chi connectivity index (χ4v) is 4.66. The zero-order valence-electron chi connectivity index (χ0n) is 15.1. The predicted octanol–water partition coefficient (Wildman–Crippen LogP) is 4.57. The molecule has 0 unspecified atom stereocenters. The van der Waals surface area contributed by atoms with Crippen molar-refractivity contribution in [2.24, 2.45) is 7.05 Å². The molecule has 0 aliphatic carbocycles. The van der Waals surface area contributed by atoms with Crippen LogP contribution in [0, 0.1) is 5.82 Å². The number of halogens is 5. The smallest absolute Gasteiger partial charge is 0.388 e. The molecule has 0 N–H and O–H groups in total. The molecule has 2 heterocycles. The lowest BCUT2D eigenvalue weighted by atomic mass is 10.1. The van der Waals surface area contributed by atoms with Gasteiger partial charge in [-0.3, -0.25) is 0 Å². The minimum Gasteiger partial charge on any atom is -0.428 e. The zero-order valence-corrected chi connectivity index (χ0v) is 18.2. The summed E-state index contributed by atoms with van der Waals surface area (Å²) >= 11 is 12.7. The van der Waals surface area contributed by atoms with E-state index in [0.717, 1.165) is 16.8 Å². The molecule has 0 amide bonds. The lowest BCUT2D eigenvalue weighted by Gasteiger charge is -2.08. The maximum absolute atomic E-state index is 14.5. The van der Waals surface area contributed by atoms with Crippen LogP contribution in [-0.2, 0) is 16.9 Å². The number of aromatic nitrogens is 4. The summed E-state index contributed by atoms with van der Waals surface area (Å²) < 4.78 is 73.7. The monoisotopic (exact) mass is 502 g/mol. The van der Waals surface area contributed by atoms with Crippen LogP contribution in [0.1, 0.15) is 6.92 Å². The minimum absolute atomic E-state index is 0.109. The molecule has 0 aliphatic rings. The molecule has 0 aliphatic heterocycles. The maximum Gasteiger partial charge on any atom is 0.388 e. The van der Waals surface area contributed by atoms with Crippen molar-refractivity contribution in [1.29, 1.82) is 0 Å². The highest BCUT2D eigenvalue weighted by atomic mass is 35.5. The summed E-state index contributed by atoms with van der Waals surface area (Å²) in [4.78, 5) is 0. The molecule has 8 nitrogen and oxygen atoms in total. The topological polar surface area (TPSA) is 96.2 Å². The van der Waals surface area contributed by atoms with E-state index in [0.29, 0.717) is 11.3 Å². The molecule has 0 atom stereocenters. The standard InChI is InChI=1S/C15H11Cl2F3N4O4S2/c1-3-30(25,26)15-22-21-14(29-15)27-9-4-6(8(18)5-7(9)16)11-10(17)12(24(2)23-11)28-13(19)20/h4-5,13H,3H2,1-2H3. The van der Waals surface area contributed by atoms with Gasteiger partial charge in [-0.05, 0) is 23.5 Å². The molecule has 0 radical (unpaired) electrons. The van der Waals surface area contributed by atoms with Crippen LogP contribution in [0.25, 0.3) is 11.3 Å². The quantitative estimate of drug-likeness (QED) is 0.466. The van der Waals surface area contributed by atoms with E-state index in [-0.39, 0.29) is 42.3 Å². The predicted molar refractivity (Wildman–Crippen MR) is 103 cm³/mol. The third-order valence-corrected chi connectivity index (χ3v) is 7.27. The summed E-state index contributed by atoms with van der Waals surface area (Å²) in [5.41, 5.74) is -0.412. The number of benzene rings is 1. The first-order valence-corrected chi connectivity index (χ1v) is 11.2. The molecular formula is C15H11Cl2F3N4O4S2. The summed E-state index contributed by atoms with van der Waals surface area (Å²) in [6.07, 6.45) is 0. The first-order valence-electron chi connectivity index (χ1n) is 7.94. The third kappa shape index (κ3) is 4.48. The summed E-state index contributed by atoms with van der Waals surface area (Å²) in [6.45, 7) is -1.71. The molecular weight excluding hydrogens is 492 g/mol. The fourth-order valence-electron chi connectivity index (χ4n) is 2.24. The molecule has 3 rings (SSSR count). The van der Waals surface area contributed by atoms with Gasteiger partial charge < -0.3 is 9.47 Å². The van der Waals surface area contributed by atoms with Gasteiger partial charge in [-0.2, -0.15) is 13.9 Å². The van der Waals surface area contributed by atoms with Gasteiger partial charge in [0.1, 0.15) is 22.3 Å². The Bertz CT molecular complexity index is 1200. The Morgan fingerprint density at radius 1 is 1.27 bits per heavy atom. The molecule has 0 spiro atoms. The molecule has 0 saturated carbocycles. The molecule has 0 bridgehead atoms. The lowest BCUT2D eigenvalue weighted by Crippen LogP contribution is -2.06.